The van der Waals surface area contributed by atoms with E-state index in [0.29, 0.717) is 5.82 Å². The SMILES string of the molecule is CC(=O)[OH2+].CC(=O)[OH2+].[Mn+2].c1ccc(C(=N[N-]c2ccccn2)c2ccccn2)cc1. The maximum absolute atomic E-state index is 9.11. The first-order valence-corrected chi connectivity index (χ1v) is 8.51. The van der Waals surface area contributed by atoms with Gasteiger partial charge in [-0.3, -0.25) is 10.1 Å². The molecule has 0 aliphatic heterocycles. The van der Waals surface area contributed by atoms with E-state index in [1.54, 1.807) is 12.4 Å². The molecule has 3 rings (SSSR count). The minimum Gasteiger partial charge on any atom is -0.565 e. The number of carbonyl (C=O) groups is 2. The first-order valence-electron chi connectivity index (χ1n) is 8.51. The van der Waals surface area contributed by atoms with Crippen LogP contribution in [0, 0.1) is 0 Å². The first-order chi connectivity index (χ1) is 13.9. The Balaban J connectivity index is 0.000000808. The number of carbonyl (C=O) groups excluding carboxylic acids is 2. The second-order valence-electron chi connectivity index (χ2n) is 5.43. The van der Waals surface area contributed by atoms with Gasteiger partial charge in [-0.15, -0.1) is 0 Å². The van der Waals surface area contributed by atoms with Crippen molar-refractivity contribution in [3.63, 3.8) is 0 Å². The summed E-state index contributed by atoms with van der Waals surface area (Å²) in [6.45, 7) is 2.39. The van der Waals surface area contributed by atoms with E-state index in [1.807, 2.05) is 66.7 Å². The molecule has 0 bridgehead atoms. The first kappa shape index (κ1) is 26.4. The monoisotopic (exact) mass is 450 g/mol. The quantitative estimate of drug-likeness (QED) is 0.261. The van der Waals surface area contributed by atoms with Crippen LogP contribution in [0.4, 0.5) is 5.82 Å². The normalized spacial score (nSPS) is 9.47. The summed E-state index contributed by atoms with van der Waals surface area (Å²) in [4.78, 5) is 26.7. The molecule has 0 aliphatic carbocycles. The smallest absolute Gasteiger partial charge is 0.565 e. The van der Waals surface area contributed by atoms with Crippen LogP contribution in [0.3, 0.4) is 0 Å². The molecule has 2 aromatic heterocycles. The Labute approximate surface area is 185 Å². The van der Waals surface area contributed by atoms with Crippen molar-refractivity contribution in [3.8, 4) is 0 Å². The molecule has 0 atom stereocenters. The third-order valence-corrected chi connectivity index (χ3v) is 2.86. The summed E-state index contributed by atoms with van der Waals surface area (Å²) in [7, 11) is 0. The zero-order valence-electron chi connectivity index (χ0n) is 16.5. The molecule has 0 spiro atoms. The maximum Gasteiger partial charge on any atom is 2.00 e. The molecule has 0 aliphatic rings. The van der Waals surface area contributed by atoms with E-state index in [9.17, 15) is 0 Å². The van der Waals surface area contributed by atoms with Crippen molar-refractivity contribution in [3.05, 3.63) is 95.8 Å². The van der Waals surface area contributed by atoms with Crippen molar-refractivity contribution in [1.82, 2.24) is 9.97 Å². The fourth-order valence-electron chi connectivity index (χ4n) is 1.87. The fourth-order valence-corrected chi connectivity index (χ4v) is 1.87. The van der Waals surface area contributed by atoms with Crippen LogP contribution in [0.15, 0.2) is 84.2 Å². The molecule has 155 valence electrons. The third kappa shape index (κ3) is 12.0. The molecule has 0 unspecified atom stereocenters. The second-order valence-corrected chi connectivity index (χ2v) is 5.43. The minimum atomic E-state index is -0.583. The topological polar surface area (TPSA) is 132 Å². The van der Waals surface area contributed by atoms with Crippen molar-refractivity contribution >= 4 is 23.5 Å². The molecule has 0 saturated heterocycles. The molecule has 0 fully saturated rings. The van der Waals surface area contributed by atoms with Crippen molar-refractivity contribution in [2.45, 2.75) is 13.8 Å². The van der Waals surface area contributed by atoms with Gasteiger partial charge in [0, 0.05) is 21.3 Å². The number of pyridine rings is 2. The van der Waals surface area contributed by atoms with Gasteiger partial charge in [0.1, 0.15) is 0 Å². The van der Waals surface area contributed by atoms with Crippen LogP contribution in [-0.4, -0.2) is 37.8 Å². The molecular weight excluding hydrogens is 427 g/mol. The van der Waals surface area contributed by atoms with Gasteiger partial charge in [0.2, 0.25) is 0 Å². The molecule has 3 aromatic rings. The summed E-state index contributed by atoms with van der Waals surface area (Å²) < 4.78 is 0. The summed E-state index contributed by atoms with van der Waals surface area (Å²) in [5.41, 5.74) is 6.67. The van der Waals surface area contributed by atoms with Crippen LogP contribution in [0.2, 0.25) is 0 Å². The second kappa shape index (κ2) is 15.4. The van der Waals surface area contributed by atoms with Gasteiger partial charge in [0.15, 0.2) is 0 Å². The third-order valence-electron chi connectivity index (χ3n) is 2.86. The van der Waals surface area contributed by atoms with Crippen molar-refractivity contribution < 1.29 is 36.9 Å². The van der Waals surface area contributed by atoms with Gasteiger partial charge in [0.05, 0.1) is 25.3 Å². The molecule has 2 heterocycles. The summed E-state index contributed by atoms with van der Waals surface area (Å²) >= 11 is 0. The summed E-state index contributed by atoms with van der Waals surface area (Å²) in [5.74, 6) is -0.595. The van der Waals surface area contributed by atoms with E-state index < -0.39 is 11.9 Å². The Morgan fingerprint density at radius 3 is 1.77 bits per heavy atom. The predicted octanol–water partition coefficient (Wildman–Crippen LogP) is 2.45. The van der Waals surface area contributed by atoms with E-state index in [0.717, 1.165) is 17.0 Å². The Kier molecular flexibility index (Phi) is 13.6. The Bertz CT molecular complexity index is 847. The van der Waals surface area contributed by atoms with Gasteiger partial charge in [-0.2, -0.15) is 0 Å². The molecular formula is C21H23MnN4O4+3. The van der Waals surface area contributed by atoms with E-state index in [1.165, 1.54) is 13.8 Å². The van der Waals surface area contributed by atoms with Gasteiger partial charge in [-0.1, -0.05) is 60.8 Å². The Morgan fingerprint density at radius 2 is 1.30 bits per heavy atom. The summed E-state index contributed by atoms with van der Waals surface area (Å²) in [5, 5.41) is 16.2. The summed E-state index contributed by atoms with van der Waals surface area (Å²) in [6.07, 6.45) is 3.44. The van der Waals surface area contributed by atoms with Crippen molar-refractivity contribution in [2.24, 2.45) is 5.10 Å². The Morgan fingerprint density at radius 1 is 0.800 bits per heavy atom. The molecule has 1 radical (unpaired) electrons. The number of hydrogen-bond donors (Lipinski definition) is 0. The van der Waals surface area contributed by atoms with Crippen LogP contribution in [-0.2, 0) is 26.7 Å². The number of rotatable bonds is 4. The molecule has 0 amide bonds. The number of benzene rings is 1. The molecule has 30 heavy (non-hydrogen) atoms. The minimum absolute atomic E-state index is 0. The molecule has 9 heteroatoms. The van der Waals surface area contributed by atoms with Crippen molar-refractivity contribution in [2.75, 3.05) is 0 Å². The van der Waals surface area contributed by atoms with E-state index in [-0.39, 0.29) is 17.1 Å². The van der Waals surface area contributed by atoms with E-state index in [2.05, 4.69) is 20.5 Å². The van der Waals surface area contributed by atoms with Crippen LogP contribution in [0.1, 0.15) is 25.1 Å². The maximum atomic E-state index is 9.11. The molecule has 4 N–H and O–H groups in total. The largest absolute Gasteiger partial charge is 2.00 e. The number of nitrogens with zero attached hydrogens (tertiary/aromatic N) is 4. The van der Waals surface area contributed by atoms with Gasteiger partial charge in [-0.05, 0) is 18.0 Å². The van der Waals surface area contributed by atoms with Gasteiger partial charge < -0.3 is 20.6 Å². The summed E-state index contributed by atoms with van der Waals surface area (Å²) in [6, 6.07) is 21.1. The van der Waals surface area contributed by atoms with E-state index >= 15 is 0 Å². The molecule has 8 nitrogen and oxygen atoms in total. The van der Waals surface area contributed by atoms with Crippen LogP contribution < -0.4 is 0 Å². The molecule has 0 saturated carbocycles. The number of aromatic nitrogens is 2. The van der Waals surface area contributed by atoms with Gasteiger partial charge in [0.25, 0.3) is 0 Å². The zero-order valence-corrected chi connectivity index (χ0v) is 17.7. The standard InChI is InChI=1S/C17H13N4.2C2H4O2.Mn/c1-2-8-14(9-3-1)17(15-10-4-6-12-18-15)21-20-16-11-5-7-13-19-16;2*1-2(3)4;/h1-13H;2*1H3,(H,3,4);/q-1;;;+2/p+2. The number of hydrogen-bond acceptors (Lipinski definition) is 5. The fraction of sp³-hybridized carbons (Fsp3) is 0.0952. The van der Waals surface area contributed by atoms with Gasteiger partial charge >= 0.3 is 29.0 Å². The average molecular weight is 450 g/mol. The Hall–Kier alpha value is -3.55. The van der Waals surface area contributed by atoms with Crippen molar-refractivity contribution in [1.29, 1.82) is 0 Å². The van der Waals surface area contributed by atoms with Crippen LogP contribution >= 0.6 is 0 Å². The van der Waals surface area contributed by atoms with Gasteiger partial charge in [-0.25, -0.2) is 0 Å². The van der Waals surface area contributed by atoms with Crippen LogP contribution in [0.5, 0.6) is 0 Å². The van der Waals surface area contributed by atoms with Crippen LogP contribution in [0.25, 0.3) is 5.43 Å². The van der Waals surface area contributed by atoms with E-state index in [4.69, 9.17) is 19.8 Å². The average Bonchev–Trinajstić information content (AvgIpc) is 2.70. The molecule has 1 aromatic carbocycles. The predicted molar refractivity (Wildman–Crippen MR) is 112 cm³/mol. The zero-order chi connectivity index (χ0) is 21.5.